The van der Waals surface area contributed by atoms with E-state index < -0.39 is 0 Å². The lowest BCUT2D eigenvalue weighted by Crippen LogP contribution is -2.40. The number of amides is 2. The number of likely N-dealkylation sites (tertiary alicyclic amines) is 2. The van der Waals surface area contributed by atoms with Gasteiger partial charge in [0.2, 0.25) is 11.8 Å². The zero-order chi connectivity index (χ0) is 21.8. The summed E-state index contributed by atoms with van der Waals surface area (Å²) >= 11 is 0. The van der Waals surface area contributed by atoms with Gasteiger partial charge in [-0.05, 0) is 46.0 Å². The number of aryl methyl sites for hydroxylation is 3. The molecule has 2 aliphatic rings. The number of hydrogen-bond acceptors (Lipinski definition) is 7. The largest absolute Gasteiger partial charge is 0.342 e. The Labute approximate surface area is 182 Å². The second-order valence-corrected chi connectivity index (χ2v) is 8.49. The number of nitrogens with zero attached hydrogens (tertiary/aromatic N) is 6. The Morgan fingerprint density at radius 2 is 1.84 bits per heavy atom. The monoisotopic (exact) mass is 426 g/mol. The maximum atomic E-state index is 12.8. The van der Waals surface area contributed by atoms with Crippen molar-refractivity contribution in [3.63, 3.8) is 0 Å². The van der Waals surface area contributed by atoms with Gasteiger partial charge >= 0.3 is 0 Å². The van der Waals surface area contributed by atoms with Gasteiger partial charge in [0.25, 0.3) is 5.91 Å². The molecule has 166 valence electrons. The SMILES string of the molecule is Cc1noc(CCC(=O)N2CCCC(c3ncc(C(=O)N4CCCCC4)c(C)n3)C2)n1. The third-order valence-electron chi connectivity index (χ3n) is 6.13. The van der Waals surface area contributed by atoms with Crippen molar-refractivity contribution in [1.82, 2.24) is 29.9 Å². The first-order chi connectivity index (χ1) is 15.0. The van der Waals surface area contributed by atoms with E-state index in [-0.39, 0.29) is 17.7 Å². The number of piperidine rings is 2. The average molecular weight is 427 g/mol. The van der Waals surface area contributed by atoms with Crippen LogP contribution in [-0.4, -0.2) is 67.9 Å². The van der Waals surface area contributed by atoms with Crippen LogP contribution in [-0.2, 0) is 11.2 Å². The van der Waals surface area contributed by atoms with Gasteiger partial charge in [0.1, 0.15) is 5.82 Å². The maximum Gasteiger partial charge on any atom is 0.257 e. The van der Waals surface area contributed by atoms with E-state index in [4.69, 9.17) is 4.52 Å². The summed E-state index contributed by atoms with van der Waals surface area (Å²) in [5.41, 5.74) is 1.31. The van der Waals surface area contributed by atoms with Crippen LogP contribution in [0.4, 0.5) is 0 Å². The first-order valence-corrected chi connectivity index (χ1v) is 11.2. The number of carbonyl (C=O) groups excluding carboxylic acids is 2. The van der Waals surface area contributed by atoms with Crippen LogP contribution in [0, 0.1) is 13.8 Å². The van der Waals surface area contributed by atoms with Crippen molar-refractivity contribution in [2.75, 3.05) is 26.2 Å². The topological polar surface area (TPSA) is 105 Å². The molecule has 2 aromatic rings. The third kappa shape index (κ3) is 5.08. The molecule has 9 nitrogen and oxygen atoms in total. The molecule has 2 saturated heterocycles. The molecule has 2 aliphatic heterocycles. The molecule has 4 heterocycles. The lowest BCUT2D eigenvalue weighted by atomic mass is 9.96. The van der Waals surface area contributed by atoms with Crippen molar-refractivity contribution in [1.29, 1.82) is 0 Å². The van der Waals surface area contributed by atoms with Gasteiger partial charge in [-0.2, -0.15) is 4.98 Å². The van der Waals surface area contributed by atoms with Crippen molar-refractivity contribution in [2.24, 2.45) is 0 Å². The van der Waals surface area contributed by atoms with Gasteiger partial charge in [-0.3, -0.25) is 9.59 Å². The smallest absolute Gasteiger partial charge is 0.257 e. The van der Waals surface area contributed by atoms with Gasteiger partial charge in [0.15, 0.2) is 5.82 Å². The number of aromatic nitrogens is 4. The first-order valence-electron chi connectivity index (χ1n) is 11.2. The molecule has 0 N–H and O–H groups in total. The lowest BCUT2D eigenvalue weighted by Gasteiger charge is -2.32. The zero-order valence-electron chi connectivity index (χ0n) is 18.3. The minimum absolute atomic E-state index is 0.0282. The number of hydrogen-bond donors (Lipinski definition) is 0. The summed E-state index contributed by atoms with van der Waals surface area (Å²) in [7, 11) is 0. The molecule has 1 atom stereocenters. The summed E-state index contributed by atoms with van der Waals surface area (Å²) in [6.45, 7) is 6.59. The van der Waals surface area contributed by atoms with E-state index in [0.717, 1.165) is 56.8 Å². The highest BCUT2D eigenvalue weighted by Crippen LogP contribution is 2.26. The predicted molar refractivity (Wildman–Crippen MR) is 112 cm³/mol. The van der Waals surface area contributed by atoms with Crippen molar-refractivity contribution in [3.05, 3.63) is 35.0 Å². The summed E-state index contributed by atoms with van der Waals surface area (Å²) in [5, 5.41) is 3.76. The highest BCUT2D eigenvalue weighted by Gasteiger charge is 2.28. The van der Waals surface area contributed by atoms with Crippen LogP contribution in [0.3, 0.4) is 0 Å². The quantitative estimate of drug-likeness (QED) is 0.723. The van der Waals surface area contributed by atoms with Crippen molar-refractivity contribution >= 4 is 11.8 Å². The van der Waals surface area contributed by atoms with Crippen LogP contribution in [0.1, 0.15) is 78.0 Å². The van der Waals surface area contributed by atoms with E-state index in [1.54, 1.807) is 13.1 Å². The second kappa shape index (κ2) is 9.53. The molecular weight excluding hydrogens is 396 g/mol. The summed E-state index contributed by atoms with van der Waals surface area (Å²) in [5.74, 6) is 1.98. The Kier molecular flexibility index (Phi) is 6.58. The lowest BCUT2D eigenvalue weighted by molar-refractivity contribution is -0.132. The van der Waals surface area contributed by atoms with E-state index >= 15 is 0 Å². The van der Waals surface area contributed by atoms with Crippen LogP contribution in [0.2, 0.25) is 0 Å². The van der Waals surface area contributed by atoms with Gasteiger partial charge in [-0.1, -0.05) is 5.16 Å². The minimum atomic E-state index is 0.0282. The van der Waals surface area contributed by atoms with Crippen LogP contribution >= 0.6 is 0 Å². The van der Waals surface area contributed by atoms with Crippen LogP contribution in [0.5, 0.6) is 0 Å². The van der Waals surface area contributed by atoms with Crippen molar-refractivity contribution in [2.45, 2.75) is 64.7 Å². The summed E-state index contributed by atoms with van der Waals surface area (Å²) in [6, 6.07) is 0. The van der Waals surface area contributed by atoms with Crippen molar-refractivity contribution < 1.29 is 14.1 Å². The molecule has 0 aliphatic carbocycles. The molecule has 2 aromatic heterocycles. The van der Waals surface area contributed by atoms with E-state index in [1.807, 2.05) is 16.7 Å². The molecule has 0 radical (unpaired) electrons. The van der Waals surface area contributed by atoms with Crippen molar-refractivity contribution in [3.8, 4) is 0 Å². The zero-order valence-corrected chi connectivity index (χ0v) is 18.3. The molecule has 1 unspecified atom stereocenters. The Hall–Kier alpha value is -2.84. The Morgan fingerprint density at radius 3 is 2.55 bits per heavy atom. The fourth-order valence-corrected chi connectivity index (χ4v) is 4.39. The number of rotatable bonds is 5. The molecule has 0 aromatic carbocycles. The Bertz CT molecular complexity index is 937. The molecule has 0 spiro atoms. The molecule has 2 amide bonds. The maximum absolute atomic E-state index is 12.8. The predicted octanol–water partition coefficient (Wildman–Crippen LogP) is 2.44. The average Bonchev–Trinajstić information content (AvgIpc) is 3.22. The summed E-state index contributed by atoms with van der Waals surface area (Å²) < 4.78 is 5.10. The third-order valence-corrected chi connectivity index (χ3v) is 6.13. The molecule has 2 fully saturated rings. The van der Waals surface area contributed by atoms with Crippen LogP contribution in [0.15, 0.2) is 10.7 Å². The molecule has 4 rings (SSSR count). The van der Waals surface area contributed by atoms with Gasteiger partial charge in [0, 0.05) is 51.1 Å². The molecule has 9 heteroatoms. The Morgan fingerprint density at radius 1 is 1.06 bits per heavy atom. The van der Waals surface area contributed by atoms with Gasteiger partial charge < -0.3 is 14.3 Å². The fraction of sp³-hybridized carbons (Fsp3) is 0.636. The Balaban J connectivity index is 1.37. The fourth-order valence-electron chi connectivity index (χ4n) is 4.39. The summed E-state index contributed by atoms with van der Waals surface area (Å²) in [6.07, 6.45) is 7.61. The molecule has 31 heavy (non-hydrogen) atoms. The molecule has 0 bridgehead atoms. The first kappa shape index (κ1) is 21.4. The highest BCUT2D eigenvalue weighted by atomic mass is 16.5. The standard InChI is InChI=1S/C22H30N6O3/c1-15-18(22(30)27-10-4-3-5-11-27)13-23-21(24-15)17-7-6-12-28(14-17)20(29)9-8-19-25-16(2)26-31-19/h13,17H,3-12,14H2,1-2H3. The van der Waals surface area contributed by atoms with Gasteiger partial charge in [-0.15, -0.1) is 0 Å². The van der Waals surface area contributed by atoms with Gasteiger partial charge in [0.05, 0.1) is 11.3 Å². The van der Waals surface area contributed by atoms with E-state index in [2.05, 4.69) is 20.1 Å². The van der Waals surface area contributed by atoms with Gasteiger partial charge in [-0.25, -0.2) is 9.97 Å². The van der Waals surface area contributed by atoms with Crippen LogP contribution < -0.4 is 0 Å². The van der Waals surface area contributed by atoms with E-state index in [1.165, 1.54) is 6.42 Å². The van der Waals surface area contributed by atoms with E-state index in [9.17, 15) is 9.59 Å². The van der Waals surface area contributed by atoms with E-state index in [0.29, 0.717) is 36.7 Å². The molecule has 0 saturated carbocycles. The molecular formula is C22H30N6O3. The normalized spacial score (nSPS) is 19.5. The van der Waals surface area contributed by atoms with Crippen LogP contribution in [0.25, 0.3) is 0 Å². The second-order valence-electron chi connectivity index (χ2n) is 8.49. The number of carbonyl (C=O) groups is 2. The highest BCUT2D eigenvalue weighted by molar-refractivity contribution is 5.95. The minimum Gasteiger partial charge on any atom is -0.342 e. The summed E-state index contributed by atoms with van der Waals surface area (Å²) in [4.78, 5) is 42.7.